The van der Waals surface area contributed by atoms with E-state index in [0.29, 0.717) is 12.0 Å². The second-order valence-electron chi connectivity index (χ2n) is 4.36. The lowest BCUT2D eigenvalue weighted by Gasteiger charge is -2.23. The zero-order chi connectivity index (χ0) is 10.8. The molecule has 5 heteroatoms. The van der Waals surface area contributed by atoms with Gasteiger partial charge in [0.25, 0.3) is 0 Å². The Morgan fingerprint density at radius 3 is 3.00 bits per heavy atom. The van der Waals surface area contributed by atoms with Crippen molar-refractivity contribution < 1.29 is 0 Å². The van der Waals surface area contributed by atoms with Crippen LogP contribution in [0.1, 0.15) is 25.2 Å². The average Bonchev–Trinajstić information content (AvgIpc) is 2.84. The third-order valence-corrected chi connectivity index (χ3v) is 3.32. The number of aryl methyl sites for hydroxylation is 1. The summed E-state index contributed by atoms with van der Waals surface area (Å²) < 4.78 is 1.99. The Balaban J connectivity index is 2.03. The Labute approximate surface area is 90.3 Å². The predicted molar refractivity (Wildman–Crippen MR) is 58.2 cm³/mol. The Morgan fingerprint density at radius 2 is 2.47 bits per heavy atom. The highest BCUT2D eigenvalue weighted by atomic mass is 15.3. The topological polar surface area (TPSA) is 60.0 Å². The lowest BCUT2D eigenvalue weighted by molar-refractivity contribution is 0.240. The van der Waals surface area contributed by atoms with Crippen LogP contribution in [0.15, 0.2) is 6.33 Å². The summed E-state index contributed by atoms with van der Waals surface area (Å²) in [6, 6.07) is 0.342. The standard InChI is InChI=1S/C10H19N5/c1-8(10-13-12-7-14(10)2)15-4-3-9(5-11)6-15/h7-9H,3-6,11H2,1-2H3. The predicted octanol–water partition coefficient (Wildman–Crippen LogP) is 0.157. The fourth-order valence-corrected chi connectivity index (χ4v) is 2.24. The van der Waals surface area contributed by atoms with Gasteiger partial charge in [-0.3, -0.25) is 4.90 Å². The van der Waals surface area contributed by atoms with Crippen LogP contribution in [0, 0.1) is 5.92 Å². The van der Waals surface area contributed by atoms with Gasteiger partial charge in [-0.1, -0.05) is 0 Å². The number of hydrogen-bond acceptors (Lipinski definition) is 4. The fourth-order valence-electron chi connectivity index (χ4n) is 2.24. The minimum atomic E-state index is 0.342. The first kappa shape index (κ1) is 10.6. The molecule has 2 N–H and O–H groups in total. The molecule has 2 rings (SSSR count). The van der Waals surface area contributed by atoms with Crippen molar-refractivity contribution in [3.05, 3.63) is 12.2 Å². The molecule has 0 radical (unpaired) electrons. The molecule has 2 heterocycles. The summed E-state index contributed by atoms with van der Waals surface area (Å²) in [6.07, 6.45) is 2.96. The maximum absolute atomic E-state index is 5.68. The van der Waals surface area contributed by atoms with Gasteiger partial charge in [0.05, 0.1) is 6.04 Å². The molecule has 1 aliphatic heterocycles. The van der Waals surface area contributed by atoms with E-state index in [9.17, 15) is 0 Å². The van der Waals surface area contributed by atoms with E-state index >= 15 is 0 Å². The number of rotatable bonds is 3. The van der Waals surface area contributed by atoms with E-state index in [-0.39, 0.29) is 0 Å². The summed E-state index contributed by atoms with van der Waals surface area (Å²) in [5, 5.41) is 8.07. The molecule has 0 bridgehead atoms. The minimum absolute atomic E-state index is 0.342. The van der Waals surface area contributed by atoms with E-state index < -0.39 is 0 Å². The summed E-state index contributed by atoms with van der Waals surface area (Å²) in [5.41, 5.74) is 5.68. The van der Waals surface area contributed by atoms with Gasteiger partial charge in [-0.2, -0.15) is 0 Å². The molecule has 5 nitrogen and oxygen atoms in total. The van der Waals surface area contributed by atoms with Crippen molar-refractivity contribution in [2.45, 2.75) is 19.4 Å². The molecule has 1 aromatic rings. The smallest absolute Gasteiger partial charge is 0.149 e. The highest BCUT2D eigenvalue weighted by Gasteiger charge is 2.27. The average molecular weight is 209 g/mol. The van der Waals surface area contributed by atoms with Gasteiger partial charge in [-0.05, 0) is 32.4 Å². The van der Waals surface area contributed by atoms with E-state index in [1.54, 1.807) is 6.33 Å². The van der Waals surface area contributed by atoms with Gasteiger partial charge in [0, 0.05) is 13.6 Å². The van der Waals surface area contributed by atoms with Crippen LogP contribution in [0.3, 0.4) is 0 Å². The van der Waals surface area contributed by atoms with Crippen molar-refractivity contribution in [3.8, 4) is 0 Å². The lowest BCUT2D eigenvalue weighted by atomic mass is 10.1. The van der Waals surface area contributed by atoms with Gasteiger partial charge >= 0.3 is 0 Å². The summed E-state index contributed by atoms with van der Waals surface area (Å²) in [6.45, 7) is 5.19. The first-order valence-electron chi connectivity index (χ1n) is 5.50. The van der Waals surface area contributed by atoms with Crippen LogP contribution >= 0.6 is 0 Å². The summed E-state index contributed by atoms with van der Waals surface area (Å²) in [7, 11) is 1.99. The van der Waals surface area contributed by atoms with E-state index in [2.05, 4.69) is 22.0 Å². The molecule has 1 fully saturated rings. The van der Waals surface area contributed by atoms with Crippen molar-refractivity contribution in [2.75, 3.05) is 19.6 Å². The van der Waals surface area contributed by atoms with E-state index in [1.807, 2.05) is 11.6 Å². The molecule has 2 unspecified atom stereocenters. The number of nitrogens with two attached hydrogens (primary N) is 1. The molecule has 2 atom stereocenters. The summed E-state index contributed by atoms with van der Waals surface area (Å²) in [4.78, 5) is 2.43. The Kier molecular flexibility index (Phi) is 3.02. The molecular formula is C10H19N5. The molecule has 15 heavy (non-hydrogen) atoms. The molecule has 0 aliphatic carbocycles. The quantitative estimate of drug-likeness (QED) is 0.770. The number of nitrogens with zero attached hydrogens (tertiary/aromatic N) is 4. The minimum Gasteiger partial charge on any atom is -0.330 e. The highest BCUT2D eigenvalue weighted by Crippen LogP contribution is 2.25. The van der Waals surface area contributed by atoms with Crippen LogP contribution in [-0.2, 0) is 7.05 Å². The van der Waals surface area contributed by atoms with Crippen molar-refractivity contribution >= 4 is 0 Å². The fraction of sp³-hybridized carbons (Fsp3) is 0.800. The van der Waals surface area contributed by atoms with Gasteiger partial charge < -0.3 is 10.3 Å². The zero-order valence-corrected chi connectivity index (χ0v) is 9.43. The van der Waals surface area contributed by atoms with Crippen LogP contribution in [0.2, 0.25) is 0 Å². The Hall–Kier alpha value is -0.940. The molecule has 1 saturated heterocycles. The maximum atomic E-state index is 5.68. The first-order valence-corrected chi connectivity index (χ1v) is 5.50. The number of likely N-dealkylation sites (tertiary alicyclic amines) is 1. The van der Waals surface area contributed by atoms with E-state index in [0.717, 1.165) is 25.5 Å². The number of hydrogen-bond donors (Lipinski definition) is 1. The van der Waals surface area contributed by atoms with Crippen molar-refractivity contribution in [2.24, 2.45) is 18.7 Å². The van der Waals surface area contributed by atoms with Crippen LogP contribution in [0.5, 0.6) is 0 Å². The van der Waals surface area contributed by atoms with Crippen LogP contribution in [-0.4, -0.2) is 39.3 Å². The van der Waals surface area contributed by atoms with E-state index in [4.69, 9.17) is 5.73 Å². The molecule has 0 spiro atoms. The summed E-state index contributed by atoms with van der Waals surface area (Å²) in [5.74, 6) is 1.69. The van der Waals surface area contributed by atoms with Crippen molar-refractivity contribution in [1.82, 2.24) is 19.7 Å². The lowest BCUT2D eigenvalue weighted by Crippen LogP contribution is -2.27. The SMILES string of the molecule is CC(c1nncn1C)N1CCC(CN)C1. The molecule has 84 valence electrons. The van der Waals surface area contributed by atoms with Crippen molar-refractivity contribution in [3.63, 3.8) is 0 Å². The largest absolute Gasteiger partial charge is 0.330 e. The van der Waals surface area contributed by atoms with Gasteiger partial charge in [-0.25, -0.2) is 0 Å². The van der Waals surface area contributed by atoms with Crippen LogP contribution in [0.25, 0.3) is 0 Å². The Morgan fingerprint density at radius 1 is 1.67 bits per heavy atom. The van der Waals surface area contributed by atoms with Crippen LogP contribution in [0.4, 0.5) is 0 Å². The number of aromatic nitrogens is 3. The third-order valence-electron chi connectivity index (χ3n) is 3.32. The molecule has 1 aliphatic rings. The summed E-state index contributed by atoms with van der Waals surface area (Å²) >= 11 is 0. The normalized spacial score (nSPS) is 24.6. The monoisotopic (exact) mass is 209 g/mol. The van der Waals surface area contributed by atoms with Gasteiger partial charge in [0.15, 0.2) is 0 Å². The van der Waals surface area contributed by atoms with E-state index in [1.165, 1.54) is 6.42 Å². The highest BCUT2D eigenvalue weighted by molar-refractivity contribution is 4.95. The van der Waals surface area contributed by atoms with Crippen molar-refractivity contribution in [1.29, 1.82) is 0 Å². The van der Waals surface area contributed by atoms with Gasteiger partial charge in [0.1, 0.15) is 12.2 Å². The van der Waals surface area contributed by atoms with Gasteiger partial charge in [-0.15, -0.1) is 10.2 Å². The van der Waals surface area contributed by atoms with Gasteiger partial charge in [0.2, 0.25) is 0 Å². The first-order chi connectivity index (χ1) is 7.22. The molecule has 0 aromatic carbocycles. The molecule has 0 saturated carbocycles. The molecule has 0 amide bonds. The molecule has 1 aromatic heterocycles. The zero-order valence-electron chi connectivity index (χ0n) is 9.43. The molecular weight excluding hydrogens is 190 g/mol. The third kappa shape index (κ3) is 2.03. The second-order valence-corrected chi connectivity index (χ2v) is 4.36. The second kappa shape index (κ2) is 4.28. The Bertz CT molecular complexity index is 321. The maximum Gasteiger partial charge on any atom is 0.149 e. The van der Waals surface area contributed by atoms with Crippen LogP contribution < -0.4 is 5.73 Å².